The Balaban J connectivity index is 1.72. The number of methoxy groups -OCH3 is 1. The molecule has 172 valence electrons. The molecule has 6 heteroatoms. The summed E-state index contributed by atoms with van der Waals surface area (Å²) in [5.41, 5.74) is 1.66. The molecule has 7 atom stereocenters. The van der Waals surface area contributed by atoms with Crippen molar-refractivity contribution in [3.63, 3.8) is 0 Å². The van der Waals surface area contributed by atoms with E-state index in [0.717, 1.165) is 11.1 Å². The van der Waals surface area contributed by atoms with Crippen molar-refractivity contribution in [2.75, 3.05) is 7.11 Å². The van der Waals surface area contributed by atoms with Crippen LogP contribution in [-0.2, 0) is 28.7 Å². The van der Waals surface area contributed by atoms with Gasteiger partial charge in [-0.05, 0) is 49.0 Å². The second-order valence-corrected chi connectivity index (χ2v) is 10.1. The minimum atomic E-state index is -0.969. The fraction of sp³-hybridized carbons (Fsp3) is 0.615. The molecule has 0 heterocycles. The molecule has 1 aromatic carbocycles. The van der Waals surface area contributed by atoms with Crippen molar-refractivity contribution in [3.8, 4) is 0 Å². The van der Waals surface area contributed by atoms with E-state index in [0.29, 0.717) is 25.7 Å². The van der Waals surface area contributed by atoms with Crippen molar-refractivity contribution < 1.29 is 28.7 Å². The fourth-order valence-corrected chi connectivity index (χ4v) is 6.70. The summed E-state index contributed by atoms with van der Waals surface area (Å²) in [6.45, 7) is 5.29. The van der Waals surface area contributed by atoms with Gasteiger partial charge in [-0.2, -0.15) is 0 Å². The number of carbonyl (C=O) groups excluding carboxylic acids is 4. The summed E-state index contributed by atoms with van der Waals surface area (Å²) in [5, 5.41) is 0. The van der Waals surface area contributed by atoms with Crippen LogP contribution in [0, 0.1) is 36.0 Å². The summed E-state index contributed by atoms with van der Waals surface area (Å²) in [6, 6.07) is 8.23. The minimum Gasteiger partial charge on any atom is -0.469 e. The number of ketones is 2. The van der Waals surface area contributed by atoms with E-state index in [1.165, 1.54) is 14.0 Å². The highest BCUT2D eigenvalue weighted by atomic mass is 16.5. The van der Waals surface area contributed by atoms with Crippen LogP contribution in [0.4, 0.5) is 0 Å². The molecule has 0 radical (unpaired) electrons. The zero-order chi connectivity index (χ0) is 23.2. The Labute approximate surface area is 189 Å². The molecule has 0 aromatic heterocycles. The molecule has 3 aliphatic carbocycles. The maximum absolute atomic E-state index is 13.7. The summed E-state index contributed by atoms with van der Waals surface area (Å²) < 4.78 is 10.5. The van der Waals surface area contributed by atoms with Crippen molar-refractivity contribution >= 4 is 23.5 Å². The predicted octanol–water partition coefficient (Wildman–Crippen LogP) is 3.78. The number of hydrogen-bond acceptors (Lipinski definition) is 6. The molecule has 3 aliphatic rings. The number of carbonyl (C=O) groups is 4. The van der Waals surface area contributed by atoms with Gasteiger partial charge in [0.2, 0.25) is 0 Å². The Morgan fingerprint density at radius 3 is 2.41 bits per heavy atom. The molecule has 0 spiro atoms. The molecule has 3 fully saturated rings. The largest absolute Gasteiger partial charge is 0.469 e. The van der Waals surface area contributed by atoms with Crippen molar-refractivity contribution in [1.82, 2.24) is 0 Å². The molecular weight excluding hydrogens is 408 g/mol. The summed E-state index contributed by atoms with van der Waals surface area (Å²) in [4.78, 5) is 51.3. The smallest absolute Gasteiger partial charge is 0.309 e. The lowest BCUT2D eigenvalue weighted by Crippen LogP contribution is -2.60. The van der Waals surface area contributed by atoms with Crippen LogP contribution < -0.4 is 0 Å². The molecule has 0 saturated heterocycles. The molecule has 0 N–H and O–H groups in total. The quantitative estimate of drug-likeness (QED) is 0.665. The number of aryl methyl sites for hydroxylation is 1. The standard InChI is InChI=1S/C26H32O6/c1-14-5-7-16(8-6-14)17-11-19-18(21(28)12-17)9-10-26(3)20(25(30)31-4)13-22(32-15(2)27)24(29)23(19)26/h5-8,17-20,22-23H,9-13H2,1-4H3/t17-,18-,19+,20+,22+,23+,26+/m1/s1. The highest BCUT2D eigenvalue weighted by Gasteiger charge is 2.62. The van der Waals surface area contributed by atoms with Gasteiger partial charge < -0.3 is 9.47 Å². The maximum Gasteiger partial charge on any atom is 0.309 e. The van der Waals surface area contributed by atoms with E-state index >= 15 is 0 Å². The number of Topliss-reactive ketones (excluding diaryl/α,β-unsaturated/α-hetero) is 2. The Morgan fingerprint density at radius 1 is 1.09 bits per heavy atom. The number of ether oxygens (including phenoxy) is 2. The van der Waals surface area contributed by atoms with E-state index in [-0.39, 0.29) is 41.7 Å². The number of esters is 2. The van der Waals surface area contributed by atoms with Crippen LogP contribution in [0.5, 0.6) is 0 Å². The van der Waals surface area contributed by atoms with Crippen LogP contribution in [0.1, 0.15) is 63.0 Å². The van der Waals surface area contributed by atoms with E-state index in [1.807, 2.05) is 26.0 Å². The lowest BCUT2D eigenvalue weighted by atomic mass is 9.46. The molecule has 4 rings (SSSR count). The van der Waals surface area contributed by atoms with Crippen molar-refractivity contribution in [1.29, 1.82) is 0 Å². The van der Waals surface area contributed by atoms with Gasteiger partial charge in [0, 0.05) is 31.6 Å². The number of rotatable bonds is 3. The van der Waals surface area contributed by atoms with Crippen molar-refractivity contribution in [2.45, 2.75) is 64.9 Å². The van der Waals surface area contributed by atoms with Crippen LogP contribution in [0.15, 0.2) is 24.3 Å². The SMILES string of the molecule is COC(=O)[C@@H]1C[C@H](OC(C)=O)C(=O)[C@@H]2[C@H]3C[C@@H](c4ccc(C)cc4)CC(=O)[C@@H]3CC[C@]21C. The Morgan fingerprint density at radius 2 is 1.78 bits per heavy atom. The average molecular weight is 441 g/mol. The normalized spacial score (nSPS) is 36.6. The van der Waals surface area contributed by atoms with Gasteiger partial charge in [-0.1, -0.05) is 36.8 Å². The number of hydrogen-bond donors (Lipinski definition) is 0. The molecule has 0 bridgehead atoms. The summed E-state index contributed by atoms with van der Waals surface area (Å²) in [7, 11) is 1.35. The lowest BCUT2D eigenvalue weighted by molar-refractivity contribution is -0.183. The second kappa shape index (κ2) is 8.45. The van der Waals surface area contributed by atoms with Gasteiger partial charge in [-0.25, -0.2) is 0 Å². The van der Waals surface area contributed by atoms with Crippen LogP contribution >= 0.6 is 0 Å². The molecule has 32 heavy (non-hydrogen) atoms. The van der Waals surface area contributed by atoms with Crippen LogP contribution in [0.3, 0.4) is 0 Å². The zero-order valence-electron chi connectivity index (χ0n) is 19.3. The second-order valence-electron chi connectivity index (χ2n) is 10.1. The Hall–Kier alpha value is -2.50. The number of benzene rings is 1. The first kappa shape index (κ1) is 22.7. The molecule has 1 aromatic rings. The van der Waals surface area contributed by atoms with E-state index < -0.39 is 29.3 Å². The third kappa shape index (κ3) is 3.78. The Bertz CT molecular complexity index is 934. The van der Waals surface area contributed by atoms with Crippen molar-refractivity contribution in [2.24, 2.45) is 29.1 Å². The predicted molar refractivity (Wildman–Crippen MR) is 117 cm³/mol. The molecule has 3 saturated carbocycles. The molecule has 0 amide bonds. The van der Waals surface area contributed by atoms with E-state index in [9.17, 15) is 19.2 Å². The van der Waals surface area contributed by atoms with Gasteiger partial charge in [-0.3, -0.25) is 19.2 Å². The molecule has 6 nitrogen and oxygen atoms in total. The third-order valence-electron chi connectivity index (χ3n) is 8.28. The highest BCUT2D eigenvalue weighted by molar-refractivity contribution is 5.93. The first-order chi connectivity index (χ1) is 15.2. The summed E-state index contributed by atoms with van der Waals surface area (Å²) in [5.74, 6) is -2.23. The van der Waals surface area contributed by atoms with Crippen molar-refractivity contribution in [3.05, 3.63) is 35.4 Å². The fourth-order valence-electron chi connectivity index (χ4n) is 6.70. The zero-order valence-corrected chi connectivity index (χ0v) is 19.3. The Kier molecular flexibility index (Phi) is 5.99. The number of fused-ring (bicyclic) bond motifs is 3. The van der Waals surface area contributed by atoms with Gasteiger partial charge in [0.05, 0.1) is 13.0 Å². The van der Waals surface area contributed by atoms with Gasteiger partial charge in [0.1, 0.15) is 5.78 Å². The van der Waals surface area contributed by atoms with E-state index in [4.69, 9.17) is 9.47 Å². The van der Waals surface area contributed by atoms with Crippen LogP contribution in [0.2, 0.25) is 0 Å². The minimum absolute atomic E-state index is 0.0465. The molecular formula is C26H32O6. The average Bonchev–Trinajstić information content (AvgIpc) is 2.74. The van der Waals surface area contributed by atoms with Gasteiger partial charge in [0.15, 0.2) is 11.9 Å². The van der Waals surface area contributed by atoms with Gasteiger partial charge in [0.25, 0.3) is 0 Å². The molecule has 0 unspecified atom stereocenters. The molecule has 0 aliphatic heterocycles. The third-order valence-corrected chi connectivity index (χ3v) is 8.28. The summed E-state index contributed by atoms with van der Waals surface area (Å²) in [6.07, 6.45) is 1.66. The lowest BCUT2D eigenvalue weighted by Gasteiger charge is -2.56. The first-order valence-electron chi connectivity index (χ1n) is 11.5. The highest BCUT2D eigenvalue weighted by Crippen LogP contribution is 2.60. The van der Waals surface area contributed by atoms with E-state index in [1.54, 1.807) is 0 Å². The maximum atomic E-state index is 13.7. The van der Waals surface area contributed by atoms with Gasteiger partial charge >= 0.3 is 11.9 Å². The van der Waals surface area contributed by atoms with Crippen LogP contribution in [0.25, 0.3) is 0 Å². The monoisotopic (exact) mass is 440 g/mol. The van der Waals surface area contributed by atoms with E-state index in [2.05, 4.69) is 12.1 Å². The topological polar surface area (TPSA) is 86.7 Å². The van der Waals surface area contributed by atoms with Gasteiger partial charge in [-0.15, -0.1) is 0 Å². The summed E-state index contributed by atoms with van der Waals surface area (Å²) >= 11 is 0. The van der Waals surface area contributed by atoms with Crippen LogP contribution in [-0.4, -0.2) is 36.7 Å². The first-order valence-corrected chi connectivity index (χ1v) is 11.5.